The molecule has 5 heteroatoms. The average molecular weight is 334 g/mol. The van der Waals surface area contributed by atoms with Crippen molar-refractivity contribution in [2.24, 2.45) is 5.41 Å². The lowest BCUT2D eigenvalue weighted by Crippen LogP contribution is -2.40. The van der Waals surface area contributed by atoms with Crippen LogP contribution in [0, 0.1) is 5.41 Å². The van der Waals surface area contributed by atoms with Gasteiger partial charge < -0.3 is 9.47 Å². The number of benzene rings is 1. The van der Waals surface area contributed by atoms with Crippen molar-refractivity contribution >= 4 is 17.7 Å². The molecule has 1 rings (SSSR count). The summed E-state index contributed by atoms with van der Waals surface area (Å²) in [5, 5.41) is 0. The first-order valence-corrected chi connectivity index (χ1v) is 8.40. The fourth-order valence-corrected chi connectivity index (χ4v) is 2.61. The van der Waals surface area contributed by atoms with Crippen LogP contribution in [0.3, 0.4) is 0 Å². The van der Waals surface area contributed by atoms with Crippen LogP contribution in [0.4, 0.5) is 0 Å². The summed E-state index contributed by atoms with van der Waals surface area (Å²) in [5.41, 5.74) is -0.362. The van der Waals surface area contributed by atoms with E-state index in [-0.39, 0.29) is 38.3 Å². The predicted molar refractivity (Wildman–Crippen MR) is 90.1 cm³/mol. The Morgan fingerprint density at radius 1 is 1.00 bits per heavy atom. The molecule has 0 heterocycles. The van der Waals surface area contributed by atoms with Crippen LogP contribution in [-0.2, 0) is 30.5 Å². The highest BCUT2D eigenvalue weighted by Crippen LogP contribution is 2.32. The molecule has 1 aromatic carbocycles. The van der Waals surface area contributed by atoms with E-state index in [1.54, 1.807) is 20.8 Å². The molecule has 0 saturated carbocycles. The van der Waals surface area contributed by atoms with E-state index in [0.717, 1.165) is 5.56 Å². The highest BCUT2D eigenvalue weighted by Gasteiger charge is 2.44. The van der Waals surface area contributed by atoms with E-state index in [2.05, 4.69) is 0 Å². The van der Waals surface area contributed by atoms with Gasteiger partial charge in [-0.1, -0.05) is 44.2 Å². The monoisotopic (exact) mass is 334 g/mol. The van der Waals surface area contributed by atoms with Crippen LogP contribution < -0.4 is 0 Å². The van der Waals surface area contributed by atoms with Gasteiger partial charge in [0.25, 0.3) is 0 Å². The molecule has 0 amide bonds. The van der Waals surface area contributed by atoms with Gasteiger partial charge in [-0.15, -0.1) is 0 Å². The van der Waals surface area contributed by atoms with Gasteiger partial charge in [-0.3, -0.25) is 14.4 Å². The van der Waals surface area contributed by atoms with Crippen molar-refractivity contribution in [1.29, 1.82) is 0 Å². The molecule has 0 saturated heterocycles. The molecule has 24 heavy (non-hydrogen) atoms. The second-order valence-corrected chi connectivity index (χ2v) is 5.58. The number of rotatable bonds is 10. The summed E-state index contributed by atoms with van der Waals surface area (Å²) in [6.45, 7) is 5.55. The van der Waals surface area contributed by atoms with Gasteiger partial charge in [0, 0.05) is 12.8 Å². The predicted octanol–water partition coefficient (Wildman–Crippen LogP) is 3.45. The Kier molecular flexibility index (Phi) is 8.16. The summed E-state index contributed by atoms with van der Waals surface area (Å²) in [6, 6.07) is 9.35. The maximum absolute atomic E-state index is 12.3. The number of carbonyl (C=O) groups excluding carboxylic acids is 3. The maximum atomic E-state index is 12.3. The molecule has 0 aromatic heterocycles. The van der Waals surface area contributed by atoms with Gasteiger partial charge in [-0.05, 0) is 25.3 Å². The molecule has 0 fully saturated rings. The van der Waals surface area contributed by atoms with Crippen molar-refractivity contribution < 1.29 is 23.9 Å². The third kappa shape index (κ3) is 5.18. The molecular weight excluding hydrogens is 308 g/mol. The molecular formula is C19H26O5. The molecule has 1 atom stereocenters. The normalized spacial score (nSPS) is 13.0. The first-order chi connectivity index (χ1) is 11.5. The van der Waals surface area contributed by atoms with E-state index in [9.17, 15) is 14.4 Å². The molecule has 0 radical (unpaired) electrons. The lowest BCUT2D eigenvalue weighted by atomic mass is 9.75. The molecule has 5 nitrogen and oxygen atoms in total. The Labute approximate surface area is 143 Å². The van der Waals surface area contributed by atoms with Crippen LogP contribution in [0.15, 0.2) is 30.3 Å². The Bertz CT molecular complexity index is 552. The quantitative estimate of drug-likeness (QED) is 0.484. The fraction of sp³-hybridized carbons (Fsp3) is 0.526. The fourth-order valence-electron chi connectivity index (χ4n) is 2.61. The summed E-state index contributed by atoms with van der Waals surface area (Å²) < 4.78 is 10.3. The second-order valence-electron chi connectivity index (χ2n) is 5.58. The highest BCUT2D eigenvalue weighted by atomic mass is 16.5. The minimum atomic E-state index is -1.25. The Hall–Kier alpha value is -2.17. The van der Waals surface area contributed by atoms with Crippen molar-refractivity contribution in [2.75, 3.05) is 6.61 Å². The van der Waals surface area contributed by atoms with Crippen LogP contribution in [0.5, 0.6) is 0 Å². The minimum Gasteiger partial charge on any atom is -0.465 e. The first kappa shape index (κ1) is 19.9. The number of ketones is 1. The first-order valence-electron chi connectivity index (χ1n) is 8.40. The third-order valence-corrected chi connectivity index (χ3v) is 4.12. The van der Waals surface area contributed by atoms with Gasteiger partial charge >= 0.3 is 11.9 Å². The SMILES string of the molecule is CCOC(=O)C(CC)(CCC(=O)OCc1ccccc1)C(=O)CC. The van der Waals surface area contributed by atoms with E-state index in [0.29, 0.717) is 6.42 Å². The Balaban J connectivity index is 2.68. The van der Waals surface area contributed by atoms with E-state index < -0.39 is 17.4 Å². The van der Waals surface area contributed by atoms with Gasteiger partial charge in [-0.2, -0.15) is 0 Å². The van der Waals surface area contributed by atoms with Crippen LogP contribution in [0.25, 0.3) is 0 Å². The van der Waals surface area contributed by atoms with Crippen molar-refractivity contribution in [1.82, 2.24) is 0 Å². The van der Waals surface area contributed by atoms with Crippen LogP contribution in [0.1, 0.15) is 52.0 Å². The molecule has 132 valence electrons. The number of carbonyl (C=O) groups is 3. The van der Waals surface area contributed by atoms with Crippen molar-refractivity contribution in [3.8, 4) is 0 Å². The van der Waals surface area contributed by atoms with Gasteiger partial charge in [-0.25, -0.2) is 0 Å². The Morgan fingerprint density at radius 2 is 1.67 bits per heavy atom. The lowest BCUT2D eigenvalue weighted by molar-refractivity contribution is -0.162. The summed E-state index contributed by atoms with van der Waals surface area (Å²) in [5.74, 6) is -1.17. The van der Waals surface area contributed by atoms with E-state index >= 15 is 0 Å². The summed E-state index contributed by atoms with van der Waals surface area (Å²) >= 11 is 0. The van der Waals surface area contributed by atoms with Crippen molar-refractivity contribution in [3.05, 3.63) is 35.9 Å². The van der Waals surface area contributed by atoms with Gasteiger partial charge in [0.05, 0.1) is 6.61 Å². The second kappa shape index (κ2) is 9.85. The van der Waals surface area contributed by atoms with Crippen molar-refractivity contribution in [3.63, 3.8) is 0 Å². The zero-order valence-electron chi connectivity index (χ0n) is 14.7. The smallest absolute Gasteiger partial charge is 0.319 e. The molecule has 0 aliphatic carbocycles. The minimum absolute atomic E-state index is 0.00519. The molecule has 0 aliphatic rings. The number of esters is 2. The van der Waals surface area contributed by atoms with Crippen LogP contribution in [0.2, 0.25) is 0 Å². The van der Waals surface area contributed by atoms with E-state index in [1.807, 2.05) is 30.3 Å². The van der Waals surface area contributed by atoms with Gasteiger partial charge in [0.2, 0.25) is 0 Å². The molecule has 0 bridgehead atoms. The average Bonchev–Trinajstić information content (AvgIpc) is 2.61. The molecule has 0 aliphatic heterocycles. The lowest BCUT2D eigenvalue weighted by Gasteiger charge is -2.28. The summed E-state index contributed by atoms with van der Waals surface area (Å²) in [4.78, 5) is 36.6. The molecule has 0 N–H and O–H groups in total. The number of hydrogen-bond donors (Lipinski definition) is 0. The van der Waals surface area contributed by atoms with Gasteiger partial charge in [0.1, 0.15) is 17.8 Å². The highest BCUT2D eigenvalue weighted by molar-refractivity contribution is 6.03. The number of hydrogen-bond acceptors (Lipinski definition) is 5. The summed E-state index contributed by atoms with van der Waals surface area (Å²) in [7, 11) is 0. The Morgan fingerprint density at radius 3 is 2.21 bits per heavy atom. The number of ether oxygens (including phenoxy) is 2. The summed E-state index contributed by atoms with van der Waals surface area (Å²) in [6.07, 6.45) is 0.657. The standard InChI is InChI=1S/C19H26O5/c1-4-16(20)19(5-2,18(22)23-6-3)13-12-17(21)24-14-15-10-8-7-9-11-15/h7-11H,4-6,12-14H2,1-3H3. The molecule has 0 spiro atoms. The van der Waals surface area contributed by atoms with E-state index in [1.165, 1.54) is 0 Å². The van der Waals surface area contributed by atoms with Crippen LogP contribution in [-0.4, -0.2) is 24.3 Å². The van der Waals surface area contributed by atoms with Crippen LogP contribution >= 0.6 is 0 Å². The van der Waals surface area contributed by atoms with E-state index in [4.69, 9.17) is 9.47 Å². The van der Waals surface area contributed by atoms with Gasteiger partial charge in [0.15, 0.2) is 0 Å². The third-order valence-electron chi connectivity index (χ3n) is 4.12. The van der Waals surface area contributed by atoms with Crippen molar-refractivity contribution in [2.45, 2.75) is 53.1 Å². The largest absolute Gasteiger partial charge is 0.465 e. The zero-order chi connectivity index (χ0) is 18.0. The molecule has 1 unspecified atom stereocenters. The number of Topliss-reactive ketones (excluding diaryl/α,β-unsaturated/α-hetero) is 1. The molecule has 1 aromatic rings. The zero-order valence-corrected chi connectivity index (χ0v) is 14.7. The maximum Gasteiger partial charge on any atom is 0.319 e. The topological polar surface area (TPSA) is 69.7 Å².